The number of nitrogens with zero attached hydrogens (tertiary/aromatic N) is 1. The molecule has 0 N–H and O–H groups in total. The van der Waals surface area contributed by atoms with Gasteiger partial charge in [-0.3, -0.25) is 4.79 Å². The van der Waals surface area contributed by atoms with Gasteiger partial charge in [0, 0.05) is 18.2 Å². The Labute approximate surface area is 140 Å². The lowest BCUT2D eigenvalue weighted by molar-refractivity contribution is -0.131. The van der Waals surface area contributed by atoms with Crippen molar-refractivity contribution < 1.29 is 14.3 Å². The van der Waals surface area contributed by atoms with Gasteiger partial charge in [-0.05, 0) is 41.3 Å². The molecule has 0 spiro atoms. The third-order valence-corrected chi connectivity index (χ3v) is 5.04. The molecule has 1 aromatic heterocycles. The van der Waals surface area contributed by atoms with Crippen molar-refractivity contribution in [3.63, 3.8) is 0 Å². The maximum Gasteiger partial charge on any atom is 0.227 e. The Kier molecular flexibility index (Phi) is 4.86. The van der Waals surface area contributed by atoms with Crippen molar-refractivity contribution in [1.29, 1.82) is 0 Å². The Hall–Kier alpha value is -2.01. The third-order valence-electron chi connectivity index (χ3n) is 4.34. The average Bonchev–Trinajstić information content (AvgIpc) is 3.25. The van der Waals surface area contributed by atoms with Crippen LogP contribution in [-0.2, 0) is 11.2 Å². The molecule has 1 unspecified atom stereocenters. The first-order valence-corrected chi connectivity index (χ1v) is 8.69. The summed E-state index contributed by atoms with van der Waals surface area (Å²) in [5, 5.41) is 4.22. The largest absolute Gasteiger partial charge is 0.497 e. The summed E-state index contributed by atoms with van der Waals surface area (Å²) in [6.45, 7) is 0.831. The third kappa shape index (κ3) is 3.34. The highest BCUT2D eigenvalue weighted by Crippen LogP contribution is 2.34. The van der Waals surface area contributed by atoms with E-state index in [1.54, 1.807) is 25.6 Å². The van der Waals surface area contributed by atoms with E-state index in [9.17, 15) is 4.79 Å². The summed E-state index contributed by atoms with van der Waals surface area (Å²) >= 11 is 1.68. The van der Waals surface area contributed by atoms with Gasteiger partial charge in [0.25, 0.3) is 0 Å². The quantitative estimate of drug-likeness (QED) is 0.839. The van der Waals surface area contributed by atoms with Crippen LogP contribution in [0.4, 0.5) is 0 Å². The van der Waals surface area contributed by atoms with Crippen molar-refractivity contribution in [2.75, 3.05) is 20.8 Å². The summed E-state index contributed by atoms with van der Waals surface area (Å²) < 4.78 is 10.6. The van der Waals surface area contributed by atoms with Crippen LogP contribution in [-0.4, -0.2) is 31.6 Å². The lowest BCUT2D eigenvalue weighted by Crippen LogP contribution is -2.31. The Morgan fingerprint density at radius 1 is 1.30 bits per heavy atom. The van der Waals surface area contributed by atoms with Crippen LogP contribution >= 0.6 is 11.3 Å². The topological polar surface area (TPSA) is 38.8 Å². The molecule has 5 heteroatoms. The predicted octanol–water partition coefficient (Wildman–Crippen LogP) is 3.67. The van der Waals surface area contributed by atoms with E-state index >= 15 is 0 Å². The molecule has 3 rings (SSSR count). The number of rotatable bonds is 5. The van der Waals surface area contributed by atoms with Gasteiger partial charge < -0.3 is 14.4 Å². The van der Waals surface area contributed by atoms with Gasteiger partial charge in [0.15, 0.2) is 0 Å². The molecule has 1 atom stereocenters. The Morgan fingerprint density at radius 3 is 2.87 bits per heavy atom. The van der Waals surface area contributed by atoms with Gasteiger partial charge in [0.1, 0.15) is 11.5 Å². The van der Waals surface area contributed by atoms with Crippen LogP contribution in [0.2, 0.25) is 0 Å². The number of hydrogen-bond donors (Lipinski definition) is 0. The molecular weight excluding hydrogens is 310 g/mol. The Morgan fingerprint density at radius 2 is 2.17 bits per heavy atom. The van der Waals surface area contributed by atoms with Gasteiger partial charge in [0.2, 0.25) is 5.91 Å². The zero-order chi connectivity index (χ0) is 16.2. The van der Waals surface area contributed by atoms with Crippen LogP contribution in [0.3, 0.4) is 0 Å². The Balaban J connectivity index is 1.76. The van der Waals surface area contributed by atoms with Crippen molar-refractivity contribution in [3.8, 4) is 11.5 Å². The highest BCUT2D eigenvalue weighted by atomic mass is 32.1. The van der Waals surface area contributed by atoms with Crippen LogP contribution in [0.15, 0.2) is 35.0 Å². The van der Waals surface area contributed by atoms with E-state index in [0.717, 1.165) is 30.7 Å². The summed E-state index contributed by atoms with van der Waals surface area (Å²) in [6, 6.07) is 7.94. The number of thiophene rings is 1. The van der Waals surface area contributed by atoms with Gasteiger partial charge in [-0.25, -0.2) is 0 Å². The molecule has 0 radical (unpaired) electrons. The van der Waals surface area contributed by atoms with E-state index in [-0.39, 0.29) is 11.9 Å². The number of ether oxygens (including phenoxy) is 2. The zero-order valence-electron chi connectivity index (χ0n) is 13.5. The zero-order valence-corrected chi connectivity index (χ0v) is 14.3. The van der Waals surface area contributed by atoms with E-state index < -0.39 is 0 Å². The fraction of sp³-hybridized carbons (Fsp3) is 0.389. The minimum atomic E-state index is 0.155. The van der Waals surface area contributed by atoms with Crippen LogP contribution in [0.5, 0.6) is 11.5 Å². The van der Waals surface area contributed by atoms with E-state index in [0.29, 0.717) is 12.2 Å². The van der Waals surface area contributed by atoms with Gasteiger partial charge in [-0.1, -0.05) is 6.07 Å². The maximum absolute atomic E-state index is 12.8. The fourth-order valence-electron chi connectivity index (χ4n) is 3.14. The van der Waals surface area contributed by atoms with Crippen LogP contribution in [0.25, 0.3) is 0 Å². The van der Waals surface area contributed by atoms with Crippen molar-refractivity contribution in [1.82, 2.24) is 4.90 Å². The number of benzene rings is 1. The highest BCUT2D eigenvalue weighted by Gasteiger charge is 2.30. The number of amides is 1. The molecule has 0 bridgehead atoms. The van der Waals surface area contributed by atoms with Gasteiger partial charge in [0.05, 0.1) is 26.7 Å². The molecule has 23 heavy (non-hydrogen) atoms. The molecule has 122 valence electrons. The minimum absolute atomic E-state index is 0.155. The van der Waals surface area contributed by atoms with E-state index in [1.165, 1.54) is 5.56 Å². The van der Waals surface area contributed by atoms with Gasteiger partial charge in [-0.15, -0.1) is 0 Å². The van der Waals surface area contributed by atoms with Gasteiger partial charge in [-0.2, -0.15) is 11.3 Å². The number of carbonyl (C=O) groups excluding carboxylic acids is 1. The number of methoxy groups -OCH3 is 2. The summed E-state index contributed by atoms with van der Waals surface area (Å²) in [5.41, 5.74) is 2.15. The number of likely N-dealkylation sites (tertiary alicyclic amines) is 1. The average molecular weight is 331 g/mol. The van der Waals surface area contributed by atoms with Crippen molar-refractivity contribution in [2.24, 2.45) is 0 Å². The molecule has 0 saturated carbocycles. The summed E-state index contributed by atoms with van der Waals surface area (Å²) in [4.78, 5) is 14.8. The first kappa shape index (κ1) is 15.9. The number of hydrogen-bond acceptors (Lipinski definition) is 4. The molecule has 1 aliphatic heterocycles. The fourth-order valence-corrected chi connectivity index (χ4v) is 3.85. The second-order valence-corrected chi connectivity index (χ2v) is 6.44. The molecule has 1 amide bonds. The van der Waals surface area contributed by atoms with Crippen molar-refractivity contribution >= 4 is 17.2 Å². The molecule has 0 aliphatic carbocycles. The van der Waals surface area contributed by atoms with Crippen LogP contribution in [0.1, 0.15) is 30.0 Å². The summed E-state index contributed by atoms with van der Waals surface area (Å²) in [7, 11) is 3.24. The molecule has 4 nitrogen and oxygen atoms in total. The van der Waals surface area contributed by atoms with Gasteiger partial charge >= 0.3 is 0 Å². The summed E-state index contributed by atoms with van der Waals surface area (Å²) in [6.07, 6.45) is 2.46. The molecular formula is C18H21NO3S. The van der Waals surface area contributed by atoms with Crippen molar-refractivity contribution in [2.45, 2.75) is 25.3 Å². The number of carbonyl (C=O) groups is 1. The molecule has 2 heterocycles. The molecule has 1 aliphatic rings. The molecule has 1 aromatic carbocycles. The molecule has 2 aromatic rings. The lowest BCUT2D eigenvalue weighted by Gasteiger charge is -2.24. The Bertz CT molecular complexity index is 669. The predicted molar refractivity (Wildman–Crippen MR) is 91.3 cm³/mol. The minimum Gasteiger partial charge on any atom is -0.497 e. The second kappa shape index (κ2) is 7.04. The monoisotopic (exact) mass is 331 g/mol. The van der Waals surface area contributed by atoms with E-state index in [2.05, 4.69) is 16.8 Å². The normalized spacial score (nSPS) is 17.3. The van der Waals surface area contributed by atoms with Crippen LogP contribution in [0, 0.1) is 0 Å². The lowest BCUT2D eigenvalue weighted by atomic mass is 10.1. The first-order chi connectivity index (χ1) is 11.2. The first-order valence-electron chi connectivity index (χ1n) is 7.75. The highest BCUT2D eigenvalue weighted by molar-refractivity contribution is 7.07. The maximum atomic E-state index is 12.8. The molecule has 1 saturated heterocycles. The molecule has 1 fully saturated rings. The van der Waals surface area contributed by atoms with E-state index in [1.807, 2.05) is 23.1 Å². The van der Waals surface area contributed by atoms with E-state index in [4.69, 9.17) is 9.47 Å². The smallest absolute Gasteiger partial charge is 0.227 e. The summed E-state index contributed by atoms with van der Waals surface area (Å²) in [5.74, 6) is 1.58. The SMILES string of the molecule is COc1ccc(CC(=O)N2CCCC2c2ccsc2)c(OC)c1. The standard InChI is InChI=1S/C18H21NO3S/c1-21-15-6-5-13(17(11-15)22-2)10-18(20)19-8-3-4-16(19)14-7-9-23-12-14/h5-7,9,11-12,16H,3-4,8,10H2,1-2H3. The van der Waals surface area contributed by atoms with Crippen molar-refractivity contribution in [3.05, 3.63) is 46.2 Å². The van der Waals surface area contributed by atoms with Crippen LogP contribution < -0.4 is 9.47 Å². The second-order valence-electron chi connectivity index (χ2n) is 5.66.